The lowest BCUT2D eigenvalue weighted by atomic mass is 9.76. The minimum atomic E-state index is -1.07. The zero-order valence-electron chi connectivity index (χ0n) is 16.3. The Morgan fingerprint density at radius 2 is 1.74 bits per heavy atom. The van der Waals surface area contributed by atoms with Gasteiger partial charge in [0.15, 0.2) is 11.4 Å². The molecule has 2 aromatic rings. The van der Waals surface area contributed by atoms with Crippen molar-refractivity contribution in [2.24, 2.45) is 5.73 Å². The second-order valence-electron chi connectivity index (χ2n) is 7.96. The van der Waals surface area contributed by atoms with E-state index in [0.717, 1.165) is 30.9 Å². The SMILES string of the molecule is CC(=O)C1(N)c2c(cccc2N2CCCCC2)C(c2ccccc2)CN1C. The summed E-state index contributed by atoms with van der Waals surface area (Å²) in [7, 11) is 1.98. The van der Waals surface area contributed by atoms with Crippen molar-refractivity contribution in [3.63, 3.8) is 0 Å². The largest absolute Gasteiger partial charge is 0.371 e. The Balaban J connectivity index is 1.92. The molecule has 1 saturated heterocycles. The van der Waals surface area contributed by atoms with Gasteiger partial charge in [-0.05, 0) is 50.4 Å². The molecule has 0 saturated carbocycles. The van der Waals surface area contributed by atoms with E-state index >= 15 is 0 Å². The Labute approximate surface area is 162 Å². The van der Waals surface area contributed by atoms with Crippen LogP contribution in [0.4, 0.5) is 5.69 Å². The molecule has 0 radical (unpaired) electrons. The molecule has 4 rings (SSSR count). The van der Waals surface area contributed by atoms with Gasteiger partial charge in [-0.1, -0.05) is 42.5 Å². The first kappa shape index (κ1) is 18.2. The standard InChI is InChI=1S/C23H29N3O/c1-17(27)23(24)22-19(12-9-13-21(22)26-14-7-4-8-15-26)20(16-25(23)2)18-10-5-3-6-11-18/h3,5-6,9-13,20H,4,7-8,14-16,24H2,1-2H3. The number of ketones is 1. The smallest absolute Gasteiger partial charge is 0.169 e. The normalized spacial score (nSPS) is 25.9. The van der Waals surface area contributed by atoms with E-state index in [4.69, 9.17) is 5.73 Å². The molecular weight excluding hydrogens is 334 g/mol. The van der Waals surface area contributed by atoms with Gasteiger partial charge in [0.05, 0.1) is 0 Å². The van der Waals surface area contributed by atoms with Crippen LogP contribution in [0.1, 0.15) is 48.8 Å². The zero-order chi connectivity index (χ0) is 19.0. The molecule has 1 fully saturated rings. The maximum atomic E-state index is 12.8. The monoisotopic (exact) mass is 363 g/mol. The molecule has 2 aromatic carbocycles. The summed E-state index contributed by atoms with van der Waals surface area (Å²) in [6, 6.07) is 17.0. The number of likely N-dealkylation sites (N-methyl/N-ethyl adjacent to an activating group) is 1. The molecule has 0 amide bonds. The van der Waals surface area contributed by atoms with E-state index in [1.165, 1.54) is 30.4 Å². The van der Waals surface area contributed by atoms with E-state index in [0.29, 0.717) is 0 Å². The van der Waals surface area contributed by atoms with E-state index in [1.807, 2.05) is 18.0 Å². The number of benzene rings is 2. The van der Waals surface area contributed by atoms with Crippen molar-refractivity contribution in [2.75, 3.05) is 31.6 Å². The summed E-state index contributed by atoms with van der Waals surface area (Å²) >= 11 is 0. The van der Waals surface area contributed by atoms with E-state index in [2.05, 4.69) is 47.4 Å². The molecule has 0 spiro atoms. The number of fused-ring (bicyclic) bond motifs is 1. The van der Waals surface area contributed by atoms with Crippen molar-refractivity contribution in [3.05, 3.63) is 65.2 Å². The predicted octanol–water partition coefficient (Wildman–Crippen LogP) is 3.45. The summed E-state index contributed by atoms with van der Waals surface area (Å²) < 4.78 is 0. The minimum absolute atomic E-state index is 0.00206. The third-order valence-electron chi connectivity index (χ3n) is 6.33. The lowest BCUT2D eigenvalue weighted by Gasteiger charge is -2.47. The maximum absolute atomic E-state index is 12.8. The molecule has 0 aliphatic carbocycles. The van der Waals surface area contributed by atoms with Crippen molar-refractivity contribution < 1.29 is 4.79 Å². The highest BCUT2D eigenvalue weighted by molar-refractivity contribution is 5.90. The number of hydrogen-bond donors (Lipinski definition) is 1. The number of nitrogens with two attached hydrogens (primary N) is 1. The Bertz CT molecular complexity index is 829. The average molecular weight is 364 g/mol. The molecule has 4 nitrogen and oxygen atoms in total. The van der Waals surface area contributed by atoms with Crippen LogP contribution in [-0.2, 0) is 10.5 Å². The first-order valence-corrected chi connectivity index (χ1v) is 9.98. The Hall–Kier alpha value is -2.17. The highest BCUT2D eigenvalue weighted by Gasteiger charge is 2.47. The molecule has 0 aromatic heterocycles. The van der Waals surface area contributed by atoms with Crippen LogP contribution in [0.5, 0.6) is 0 Å². The van der Waals surface area contributed by atoms with Gasteiger partial charge in [0.2, 0.25) is 0 Å². The Morgan fingerprint density at radius 3 is 2.41 bits per heavy atom. The molecule has 2 unspecified atom stereocenters. The first-order valence-electron chi connectivity index (χ1n) is 9.98. The quantitative estimate of drug-likeness (QED) is 0.907. The number of nitrogens with zero attached hydrogens (tertiary/aromatic N) is 2. The van der Waals surface area contributed by atoms with Gasteiger partial charge in [0, 0.05) is 36.8 Å². The van der Waals surface area contributed by atoms with Crippen LogP contribution in [0.3, 0.4) is 0 Å². The predicted molar refractivity (Wildman–Crippen MR) is 110 cm³/mol. The number of hydrogen-bond acceptors (Lipinski definition) is 4. The Kier molecular flexibility index (Phi) is 4.79. The molecule has 27 heavy (non-hydrogen) atoms. The van der Waals surface area contributed by atoms with Gasteiger partial charge in [-0.2, -0.15) is 0 Å². The molecule has 142 valence electrons. The van der Waals surface area contributed by atoms with E-state index < -0.39 is 5.66 Å². The number of carbonyl (C=O) groups excluding carboxylic acids is 1. The molecule has 2 heterocycles. The highest BCUT2D eigenvalue weighted by atomic mass is 16.1. The van der Waals surface area contributed by atoms with Crippen molar-refractivity contribution >= 4 is 11.5 Å². The zero-order valence-corrected chi connectivity index (χ0v) is 16.3. The van der Waals surface area contributed by atoms with Crippen LogP contribution in [0, 0.1) is 0 Å². The van der Waals surface area contributed by atoms with E-state index in [-0.39, 0.29) is 11.7 Å². The van der Waals surface area contributed by atoms with Gasteiger partial charge in [0.25, 0.3) is 0 Å². The summed E-state index contributed by atoms with van der Waals surface area (Å²) in [5.74, 6) is 0.217. The number of anilines is 1. The van der Waals surface area contributed by atoms with Crippen LogP contribution in [0.2, 0.25) is 0 Å². The van der Waals surface area contributed by atoms with Crippen LogP contribution in [-0.4, -0.2) is 37.4 Å². The molecule has 2 atom stereocenters. The lowest BCUT2D eigenvalue weighted by Crippen LogP contribution is -2.61. The van der Waals surface area contributed by atoms with E-state index in [1.54, 1.807) is 6.92 Å². The van der Waals surface area contributed by atoms with Crippen molar-refractivity contribution in [2.45, 2.75) is 37.8 Å². The fraction of sp³-hybridized carbons (Fsp3) is 0.435. The van der Waals surface area contributed by atoms with E-state index in [9.17, 15) is 4.79 Å². The summed E-state index contributed by atoms with van der Waals surface area (Å²) in [5, 5.41) is 0. The van der Waals surface area contributed by atoms with Gasteiger partial charge in [-0.25, -0.2) is 0 Å². The fourth-order valence-electron chi connectivity index (χ4n) is 4.78. The van der Waals surface area contributed by atoms with Crippen LogP contribution in [0.25, 0.3) is 0 Å². The van der Waals surface area contributed by atoms with Gasteiger partial charge < -0.3 is 10.6 Å². The maximum Gasteiger partial charge on any atom is 0.169 e. The number of Topliss-reactive ketones (excluding diaryl/α,β-unsaturated/α-hetero) is 1. The van der Waals surface area contributed by atoms with Crippen LogP contribution in [0.15, 0.2) is 48.5 Å². The van der Waals surface area contributed by atoms with Crippen molar-refractivity contribution in [3.8, 4) is 0 Å². The van der Waals surface area contributed by atoms with Crippen LogP contribution < -0.4 is 10.6 Å². The number of piperidine rings is 1. The second-order valence-corrected chi connectivity index (χ2v) is 7.96. The fourth-order valence-corrected chi connectivity index (χ4v) is 4.78. The van der Waals surface area contributed by atoms with Crippen molar-refractivity contribution in [1.82, 2.24) is 4.90 Å². The van der Waals surface area contributed by atoms with Gasteiger partial charge in [0.1, 0.15) is 0 Å². The first-order chi connectivity index (χ1) is 13.0. The summed E-state index contributed by atoms with van der Waals surface area (Å²) in [6.07, 6.45) is 3.66. The van der Waals surface area contributed by atoms with Gasteiger partial charge in [-0.3, -0.25) is 9.69 Å². The Morgan fingerprint density at radius 1 is 1.04 bits per heavy atom. The molecular formula is C23H29N3O. The van der Waals surface area contributed by atoms with Gasteiger partial charge >= 0.3 is 0 Å². The third-order valence-corrected chi connectivity index (χ3v) is 6.33. The second kappa shape index (κ2) is 7.10. The number of rotatable bonds is 3. The molecule has 4 heteroatoms. The topological polar surface area (TPSA) is 49.6 Å². The molecule has 2 aliphatic rings. The molecule has 2 aliphatic heterocycles. The minimum Gasteiger partial charge on any atom is -0.371 e. The summed E-state index contributed by atoms with van der Waals surface area (Å²) in [4.78, 5) is 17.3. The molecule has 0 bridgehead atoms. The highest BCUT2D eigenvalue weighted by Crippen LogP contribution is 2.45. The molecule has 2 N–H and O–H groups in total. The number of carbonyl (C=O) groups is 1. The average Bonchev–Trinajstić information content (AvgIpc) is 2.71. The van der Waals surface area contributed by atoms with Crippen molar-refractivity contribution in [1.29, 1.82) is 0 Å². The van der Waals surface area contributed by atoms with Crippen LogP contribution >= 0.6 is 0 Å². The summed E-state index contributed by atoms with van der Waals surface area (Å²) in [5.41, 5.74) is 10.4. The lowest BCUT2D eigenvalue weighted by molar-refractivity contribution is -0.129. The van der Waals surface area contributed by atoms with Gasteiger partial charge in [-0.15, -0.1) is 0 Å². The third kappa shape index (κ3) is 2.97. The summed E-state index contributed by atoms with van der Waals surface area (Å²) in [6.45, 7) is 4.42.